The lowest BCUT2D eigenvalue weighted by Gasteiger charge is -2.40. The maximum atomic E-state index is 15.9. The molecule has 1 fully saturated rings. The number of carbonyl (C=O) groups excluding carboxylic acids is 1. The minimum Gasteiger partial charge on any atom is -0.463 e. The fourth-order valence-electron chi connectivity index (χ4n) is 3.89. The molecular weight excluding hydrogens is 444 g/mol. The van der Waals surface area contributed by atoms with E-state index in [0.717, 1.165) is 11.0 Å². The second-order valence-electron chi connectivity index (χ2n) is 7.69. The van der Waals surface area contributed by atoms with E-state index in [1.807, 2.05) is 0 Å². The van der Waals surface area contributed by atoms with E-state index >= 15 is 4.39 Å². The van der Waals surface area contributed by atoms with Crippen LogP contribution in [0.1, 0.15) is 24.7 Å². The summed E-state index contributed by atoms with van der Waals surface area (Å²) in [5.74, 6) is -2.15. The van der Waals surface area contributed by atoms with Gasteiger partial charge in [0.15, 0.2) is 5.82 Å². The maximum absolute atomic E-state index is 15.9. The molecule has 1 aliphatic heterocycles. The van der Waals surface area contributed by atoms with E-state index in [0.29, 0.717) is 21.9 Å². The third kappa shape index (κ3) is 3.46. The molecule has 3 aromatic rings. The molecule has 2 amide bonds. The van der Waals surface area contributed by atoms with Crippen LogP contribution in [0.15, 0.2) is 35.3 Å². The Labute approximate surface area is 186 Å². The lowest BCUT2D eigenvalue weighted by atomic mass is 9.85. The van der Waals surface area contributed by atoms with Crippen LogP contribution in [0.4, 0.5) is 13.6 Å². The van der Waals surface area contributed by atoms with E-state index < -0.39 is 29.2 Å². The highest BCUT2D eigenvalue weighted by Crippen LogP contribution is 2.35. The number of benzene rings is 2. The van der Waals surface area contributed by atoms with Gasteiger partial charge in [-0.05, 0) is 38.1 Å². The molecule has 1 aromatic heterocycles. The van der Waals surface area contributed by atoms with Gasteiger partial charge in [0.05, 0.1) is 23.0 Å². The summed E-state index contributed by atoms with van der Waals surface area (Å²) in [4.78, 5) is 32.3. The van der Waals surface area contributed by atoms with Gasteiger partial charge in [-0.3, -0.25) is 14.3 Å². The standard InChI is InChI=1S/C21H18ClF2N5O3/c1-10-25-14-7-4-11(22)8-15(14)29(10)18-13(23)6-5-12(17(18)24)21(2)9-16(30)28(3)19(27-21)26-20(31)32/h4-8H,9H2,1-3H3,(H,26,27)(H,31,32)/t21-/m0/s1. The van der Waals surface area contributed by atoms with Crippen LogP contribution in [0, 0.1) is 18.6 Å². The molecule has 0 unspecified atom stereocenters. The van der Waals surface area contributed by atoms with E-state index in [2.05, 4.69) is 15.3 Å². The number of carboxylic acid groups (broad SMARTS) is 1. The Hall–Kier alpha value is -3.53. The van der Waals surface area contributed by atoms with Crippen molar-refractivity contribution in [3.8, 4) is 5.69 Å². The minimum atomic E-state index is -1.52. The molecule has 1 saturated heterocycles. The van der Waals surface area contributed by atoms with Gasteiger partial charge in [-0.15, -0.1) is 4.99 Å². The van der Waals surface area contributed by atoms with E-state index in [1.54, 1.807) is 25.1 Å². The molecule has 8 nitrogen and oxygen atoms in total. The molecule has 32 heavy (non-hydrogen) atoms. The van der Waals surface area contributed by atoms with Crippen molar-refractivity contribution in [2.75, 3.05) is 7.05 Å². The summed E-state index contributed by atoms with van der Waals surface area (Å²) in [7, 11) is 1.36. The van der Waals surface area contributed by atoms with E-state index in [-0.39, 0.29) is 23.6 Å². The quantitative estimate of drug-likeness (QED) is 0.601. The highest BCUT2D eigenvalue weighted by Gasteiger charge is 2.41. The van der Waals surface area contributed by atoms with Crippen molar-refractivity contribution in [2.45, 2.75) is 25.8 Å². The predicted octanol–water partition coefficient (Wildman–Crippen LogP) is 3.97. The van der Waals surface area contributed by atoms with Gasteiger partial charge in [0.2, 0.25) is 11.9 Å². The molecule has 0 spiro atoms. The number of rotatable bonds is 2. The van der Waals surface area contributed by atoms with Gasteiger partial charge in [-0.1, -0.05) is 17.7 Å². The van der Waals surface area contributed by atoms with Gasteiger partial charge in [-0.25, -0.2) is 18.6 Å². The van der Waals surface area contributed by atoms with Crippen LogP contribution in [-0.2, 0) is 10.3 Å². The van der Waals surface area contributed by atoms with Gasteiger partial charge in [-0.2, -0.15) is 0 Å². The first-order valence-corrected chi connectivity index (χ1v) is 9.89. The number of fused-ring (bicyclic) bond motifs is 1. The van der Waals surface area contributed by atoms with Gasteiger partial charge in [0.1, 0.15) is 17.3 Å². The molecule has 0 aliphatic carbocycles. The summed E-state index contributed by atoms with van der Waals surface area (Å²) in [6.45, 7) is 3.13. The Bertz CT molecular complexity index is 1320. The zero-order chi connectivity index (χ0) is 23.4. The number of carbonyl (C=O) groups is 2. The average Bonchev–Trinajstić information content (AvgIpc) is 3.00. The number of hydrogen-bond acceptors (Lipinski definition) is 3. The maximum Gasteiger partial charge on any atom is 0.434 e. The Morgan fingerprint density at radius 1 is 1.31 bits per heavy atom. The molecular formula is C21H18ClF2N5O3. The Balaban J connectivity index is 1.92. The smallest absolute Gasteiger partial charge is 0.434 e. The van der Waals surface area contributed by atoms with Crippen LogP contribution >= 0.6 is 11.6 Å². The number of aliphatic imine (C=N–C) groups is 1. The number of guanidine groups is 1. The Morgan fingerprint density at radius 2 is 2.03 bits per heavy atom. The predicted molar refractivity (Wildman–Crippen MR) is 114 cm³/mol. The number of aryl methyl sites for hydroxylation is 1. The number of imidazole rings is 1. The van der Waals surface area contributed by atoms with E-state index in [9.17, 15) is 14.0 Å². The second-order valence-corrected chi connectivity index (χ2v) is 8.13. The third-order valence-corrected chi connectivity index (χ3v) is 5.69. The molecule has 2 heterocycles. The summed E-state index contributed by atoms with van der Waals surface area (Å²) < 4.78 is 32.2. The van der Waals surface area contributed by atoms with Crippen LogP contribution < -0.4 is 5.32 Å². The Morgan fingerprint density at radius 3 is 2.72 bits per heavy atom. The van der Waals surface area contributed by atoms with Crippen LogP contribution in [0.2, 0.25) is 5.02 Å². The molecule has 0 saturated carbocycles. The fourth-order valence-corrected chi connectivity index (χ4v) is 4.06. The molecule has 0 radical (unpaired) electrons. The van der Waals surface area contributed by atoms with Gasteiger partial charge in [0, 0.05) is 17.6 Å². The highest BCUT2D eigenvalue weighted by atomic mass is 35.5. The first-order valence-electron chi connectivity index (χ1n) is 9.51. The normalized spacial score (nSPS) is 20.1. The summed E-state index contributed by atoms with van der Waals surface area (Å²) in [6, 6.07) is 7.14. The summed E-state index contributed by atoms with van der Waals surface area (Å²) in [6.07, 6.45) is -1.73. The molecule has 1 atom stereocenters. The van der Waals surface area contributed by atoms with Crippen LogP contribution in [0.25, 0.3) is 16.7 Å². The lowest BCUT2D eigenvalue weighted by Crippen LogP contribution is -2.59. The second kappa shape index (κ2) is 7.56. The topological polar surface area (TPSA) is 99.8 Å². The molecule has 1 aliphatic rings. The molecule has 4 rings (SSSR count). The van der Waals surface area contributed by atoms with Crippen molar-refractivity contribution >= 4 is 40.6 Å². The largest absolute Gasteiger partial charge is 0.463 e. The third-order valence-electron chi connectivity index (χ3n) is 5.46. The summed E-state index contributed by atoms with van der Waals surface area (Å²) in [5.41, 5.74) is -0.874. The number of halogens is 3. The molecule has 11 heteroatoms. The van der Waals surface area contributed by atoms with Crippen LogP contribution in [-0.4, -0.2) is 44.6 Å². The van der Waals surface area contributed by atoms with Crippen LogP contribution in [0.3, 0.4) is 0 Å². The van der Waals surface area contributed by atoms with Gasteiger partial charge < -0.3 is 10.4 Å². The molecule has 166 valence electrons. The van der Waals surface area contributed by atoms with Crippen LogP contribution in [0.5, 0.6) is 0 Å². The monoisotopic (exact) mass is 461 g/mol. The SMILES string of the molecule is Cc1nc2ccc(Cl)cc2n1-c1c(F)ccc([C@]2(C)CC(=O)N(C)/C(=N/C(=O)O)N2)c1F. The Kier molecular flexibility index (Phi) is 5.12. The van der Waals surface area contributed by atoms with Crippen molar-refractivity contribution in [1.29, 1.82) is 0 Å². The number of hydrogen-bond donors (Lipinski definition) is 2. The van der Waals surface area contributed by atoms with Gasteiger partial charge in [0.25, 0.3) is 0 Å². The number of nitrogens with one attached hydrogen (secondary N) is 1. The first kappa shape index (κ1) is 21.7. The zero-order valence-electron chi connectivity index (χ0n) is 17.3. The number of amides is 2. The average molecular weight is 462 g/mol. The van der Waals surface area contributed by atoms with E-state index in [4.69, 9.17) is 16.7 Å². The van der Waals surface area contributed by atoms with Crippen molar-refractivity contribution in [3.05, 3.63) is 58.4 Å². The lowest BCUT2D eigenvalue weighted by molar-refractivity contribution is -0.129. The van der Waals surface area contributed by atoms with Crippen molar-refractivity contribution < 1.29 is 23.5 Å². The molecule has 2 N–H and O–H groups in total. The van der Waals surface area contributed by atoms with Gasteiger partial charge >= 0.3 is 6.09 Å². The summed E-state index contributed by atoms with van der Waals surface area (Å²) >= 11 is 6.09. The van der Waals surface area contributed by atoms with Crippen molar-refractivity contribution in [2.24, 2.45) is 4.99 Å². The van der Waals surface area contributed by atoms with Crippen molar-refractivity contribution in [1.82, 2.24) is 19.8 Å². The molecule has 2 aromatic carbocycles. The van der Waals surface area contributed by atoms with Crippen molar-refractivity contribution in [3.63, 3.8) is 0 Å². The number of aromatic nitrogens is 2. The zero-order valence-corrected chi connectivity index (χ0v) is 18.0. The minimum absolute atomic E-state index is 0.0308. The molecule has 0 bridgehead atoms. The first-order chi connectivity index (χ1) is 15.0. The van der Waals surface area contributed by atoms with E-state index in [1.165, 1.54) is 24.6 Å². The number of nitrogens with zero attached hydrogens (tertiary/aromatic N) is 4. The highest BCUT2D eigenvalue weighted by molar-refractivity contribution is 6.31. The summed E-state index contributed by atoms with van der Waals surface area (Å²) in [5, 5.41) is 12.2. The fraction of sp³-hybridized carbons (Fsp3) is 0.238.